The Kier molecular flexibility index (Phi) is 12.6. The van der Waals surface area contributed by atoms with Gasteiger partial charge in [-0.2, -0.15) is 0 Å². The maximum atomic E-state index is 10.8. The van der Waals surface area contributed by atoms with Crippen molar-refractivity contribution < 1.29 is 19.1 Å². The molecule has 0 atom stereocenters. The van der Waals surface area contributed by atoms with Gasteiger partial charge >= 0.3 is 0 Å². The summed E-state index contributed by atoms with van der Waals surface area (Å²) >= 11 is 12.9. The molecule has 0 radical (unpaired) electrons. The molecule has 0 saturated heterocycles. The lowest BCUT2D eigenvalue weighted by atomic mass is 10.1. The highest BCUT2D eigenvalue weighted by atomic mass is 35.5. The number of carbonyl (C=O) groups excluding carboxylic acids is 2. The Balaban J connectivity index is 0.000000926. The summed E-state index contributed by atoms with van der Waals surface area (Å²) in [5.74, 6) is 1.20. The van der Waals surface area contributed by atoms with Crippen LogP contribution in [0.15, 0.2) is 49.3 Å². The third kappa shape index (κ3) is 7.87. The summed E-state index contributed by atoms with van der Waals surface area (Å²) in [7, 11) is 3.02. The van der Waals surface area contributed by atoms with Gasteiger partial charge in [0.1, 0.15) is 11.5 Å². The fourth-order valence-corrected chi connectivity index (χ4v) is 3.51. The van der Waals surface area contributed by atoms with E-state index < -0.39 is 0 Å². The molecule has 0 aliphatic carbocycles. The van der Waals surface area contributed by atoms with Crippen molar-refractivity contribution in [2.45, 2.75) is 13.8 Å². The lowest BCUT2D eigenvalue weighted by Gasteiger charge is -2.15. The van der Waals surface area contributed by atoms with Crippen LogP contribution in [-0.4, -0.2) is 37.0 Å². The Hall–Kier alpha value is -3.82. The molecule has 3 aromatic rings. The van der Waals surface area contributed by atoms with E-state index in [1.165, 1.54) is 14.2 Å². The fourth-order valence-electron chi connectivity index (χ4n) is 2.79. The van der Waals surface area contributed by atoms with Gasteiger partial charge in [0.25, 0.3) is 0 Å². The van der Waals surface area contributed by atoms with Gasteiger partial charge in [-0.3, -0.25) is 9.59 Å². The summed E-state index contributed by atoms with van der Waals surface area (Å²) < 4.78 is 10.6. The lowest BCUT2D eigenvalue weighted by Crippen LogP contribution is -2.04. The quantitative estimate of drug-likeness (QED) is 0.282. The molecule has 0 unspecified atom stereocenters. The van der Waals surface area contributed by atoms with Gasteiger partial charge in [-0.1, -0.05) is 41.4 Å². The molecule has 0 saturated carbocycles. The molecule has 1 aromatic heterocycles. The number of halogens is 2. The highest BCUT2D eigenvalue weighted by Crippen LogP contribution is 2.45. The van der Waals surface area contributed by atoms with Crippen molar-refractivity contribution in [2.24, 2.45) is 5.73 Å². The molecule has 2 aromatic carbocycles. The monoisotopic (exact) mass is 519 g/mol. The average Bonchev–Trinajstić information content (AvgIpc) is 2.84. The number of methoxy groups -OCH3 is 2. The maximum absolute atomic E-state index is 10.8. The number of nitrogens with one attached hydrogen (secondary N) is 2. The number of primary amides is 1. The van der Waals surface area contributed by atoms with Crippen molar-refractivity contribution in [3.63, 3.8) is 0 Å². The maximum Gasteiger partial charge on any atom is 0.227 e. The summed E-state index contributed by atoms with van der Waals surface area (Å²) in [5, 5.41) is 6.44. The minimum atomic E-state index is 0.250. The number of anilines is 3. The average molecular weight is 520 g/mol. The van der Waals surface area contributed by atoms with E-state index in [4.69, 9.17) is 37.5 Å². The van der Waals surface area contributed by atoms with E-state index in [9.17, 15) is 4.79 Å². The number of nitrogens with two attached hydrogens (primary N) is 1. The minimum absolute atomic E-state index is 0.250. The molecular weight excluding hydrogens is 493 g/mol. The predicted molar refractivity (Wildman–Crippen MR) is 141 cm³/mol. The van der Waals surface area contributed by atoms with Crippen molar-refractivity contribution in [1.29, 1.82) is 0 Å². The van der Waals surface area contributed by atoms with Crippen molar-refractivity contribution in [2.75, 3.05) is 24.9 Å². The van der Waals surface area contributed by atoms with Crippen molar-refractivity contribution in [3.8, 4) is 22.6 Å². The first-order valence-corrected chi connectivity index (χ1v) is 10.8. The van der Waals surface area contributed by atoms with Gasteiger partial charge in [0.15, 0.2) is 0 Å². The molecule has 186 valence electrons. The van der Waals surface area contributed by atoms with Crippen LogP contribution in [0.2, 0.25) is 10.0 Å². The lowest BCUT2D eigenvalue weighted by molar-refractivity contribution is -0.107. The van der Waals surface area contributed by atoms with Gasteiger partial charge < -0.3 is 25.8 Å². The van der Waals surface area contributed by atoms with Gasteiger partial charge in [-0.15, -0.1) is 6.58 Å². The molecule has 4 N–H and O–H groups in total. The van der Waals surface area contributed by atoms with Crippen molar-refractivity contribution in [1.82, 2.24) is 9.97 Å². The zero-order chi connectivity index (χ0) is 26.4. The number of aryl methyl sites for hydroxylation is 1. The van der Waals surface area contributed by atoms with Crippen LogP contribution >= 0.6 is 23.2 Å². The number of hydrogen-bond donors (Lipinski definition) is 3. The molecule has 0 fully saturated rings. The van der Waals surface area contributed by atoms with Crippen LogP contribution in [0.3, 0.4) is 0 Å². The summed E-state index contributed by atoms with van der Waals surface area (Å²) in [4.78, 5) is 28.1. The number of rotatable bonds is 7. The Morgan fingerprint density at radius 3 is 2.03 bits per heavy atom. The van der Waals surface area contributed by atoms with Crippen LogP contribution in [0, 0.1) is 6.92 Å². The normalized spacial score (nSPS) is 9.31. The van der Waals surface area contributed by atoms with Crippen LogP contribution in [0.5, 0.6) is 11.5 Å². The summed E-state index contributed by atoms with van der Waals surface area (Å²) in [6.07, 6.45) is 5.79. The molecular formula is C24H27Cl2N5O4. The van der Waals surface area contributed by atoms with E-state index in [1.54, 1.807) is 30.6 Å². The van der Waals surface area contributed by atoms with Gasteiger partial charge in [-0.05, 0) is 25.5 Å². The minimum Gasteiger partial charge on any atom is -0.495 e. The second kappa shape index (κ2) is 15.2. The third-order valence-electron chi connectivity index (χ3n) is 4.24. The summed E-state index contributed by atoms with van der Waals surface area (Å²) in [6.45, 7) is 7.16. The third-order valence-corrected chi connectivity index (χ3v) is 4.99. The second-order valence-corrected chi connectivity index (χ2v) is 7.26. The smallest absolute Gasteiger partial charge is 0.227 e. The van der Waals surface area contributed by atoms with E-state index in [1.807, 2.05) is 26.0 Å². The van der Waals surface area contributed by atoms with Gasteiger partial charge in [0.2, 0.25) is 18.8 Å². The van der Waals surface area contributed by atoms with Crippen LogP contribution in [0.4, 0.5) is 17.3 Å². The van der Waals surface area contributed by atoms with Crippen LogP contribution in [0.25, 0.3) is 11.1 Å². The number of ether oxygens (including phenoxy) is 2. The second-order valence-electron chi connectivity index (χ2n) is 6.51. The number of nitrogens with zero attached hydrogens (tertiary/aromatic N) is 2. The van der Waals surface area contributed by atoms with E-state index in [0.29, 0.717) is 56.4 Å². The molecule has 9 nitrogen and oxygen atoms in total. The number of benzene rings is 2. The fraction of sp³-hybridized carbons (Fsp3) is 0.167. The van der Waals surface area contributed by atoms with Crippen LogP contribution in [0.1, 0.15) is 12.5 Å². The van der Waals surface area contributed by atoms with Crippen LogP contribution in [-0.2, 0) is 9.59 Å². The molecule has 0 bridgehead atoms. The molecule has 0 spiro atoms. The number of aromatic nitrogens is 2. The van der Waals surface area contributed by atoms with E-state index in [0.717, 1.165) is 5.56 Å². The van der Waals surface area contributed by atoms with Crippen LogP contribution < -0.4 is 25.8 Å². The number of amides is 2. The highest BCUT2D eigenvalue weighted by molar-refractivity contribution is 6.41. The Morgan fingerprint density at radius 2 is 1.57 bits per heavy atom. The molecule has 0 aliphatic heterocycles. The Morgan fingerprint density at radius 1 is 1.06 bits per heavy atom. The van der Waals surface area contributed by atoms with Crippen molar-refractivity contribution >= 4 is 53.3 Å². The number of para-hydroxylation sites is 1. The first kappa shape index (κ1) is 29.2. The van der Waals surface area contributed by atoms with Crippen molar-refractivity contribution in [3.05, 3.63) is 64.9 Å². The number of allylic oxidation sites excluding steroid dienone is 1. The number of hydrogen-bond acceptors (Lipinski definition) is 7. The largest absolute Gasteiger partial charge is 0.495 e. The molecule has 1 heterocycles. The molecule has 2 amide bonds. The Labute approximate surface area is 214 Å². The van der Waals surface area contributed by atoms with E-state index in [-0.39, 0.29) is 6.41 Å². The molecule has 35 heavy (non-hydrogen) atoms. The van der Waals surface area contributed by atoms with Gasteiger partial charge in [0, 0.05) is 29.6 Å². The SMILES string of the molecule is C=CC.COc1cc(OC)c(Cl)c(-c2cnc(Nc3c(C)cccc3NC=O)nc2)c1Cl.NC=O. The first-order chi connectivity index (χ1) is 16.8. The first-order valence-electron chi connectivity index (χ1n) is 10.0. The summed E-state index contributed by atoms with van der Waals surface area (Å²) in [5.41, 5.74) is 7.52. The van der Waals surface area contributed by atoms with Gasteiger partial charge in [-0.25, -0.2) is 9.97 Å². The Bertz CT molecular complexity index is 1110. The number of carbonyl (C=O) groups is 2. The standard InChI is InChI=1S/C20H18Cl2N4O3.C3H6.CH3NO/c1-11-5-4-6-13(25-10-27)19(11)26-20-23-8-12(9-24-20)16-17(21)14(28-2)7-15(29-3)18(16)22;1-3-2;2-1-3/h4-10H,1-3H3,(H,25,27)(H,23,24,26);3H,1H2,2H3;1H,(H2,2,3). The zero-order valence-corrected chi connectivity index (χ0v) is 21.3. The topological polar surface area (TPSA) is 128 Å². The van der Waals surface area contributed by atoms with Gasteiger partial charge in [0.05, 0.1) is 35.6 Å². The highest BCUT2D eigenvalue weighted by Gasteiger charge is 2.19. The molecule has 11 heteroatoms. The predicted octanol–water partition coefficient (Wildman–Crippen LogP) is 5.38. The van der Waals surface area contributed by atoms with E-state index >= 15 is 0 Å². The summed E-state index contributed by atoms with van der Waals surface area (Å²) in [6, 6.07) is 7.15. The van der Waals surface area contributed by atoms with E-state index in [2.05, 4.69) is 32.9 Å². The molecule has 0 aliphatic rings. The molecule has 3 rings (SSSR count). The zero-order valence-electron chi connectivity index (χ0n) is 19.8.